The minimum atomic E-state index is 0.483. The molecule has 0 fully saturated rings. The molecule has 0 N–H and O–H groups in total. The molecule has 11 heavy (non-hydrogen) atoms. The van der Waals surface area contributed by atoms with Crippen molar-refractivity contribution in [3.63, 3.8) is 0 Å². The van der Waals surface area contributed by atoms with E-state index in [1.807, 2.05) is 6.07 Å². The van der Waals surface area contributed by atoms with Crippen LogP contribution in [0.4, 0.5) is 0 Å². The van der Waals surface area contributed by atoms with Gasteiger partial charge in [0, 0.05) is 0 Å². The van der Waals surface area contributed by atoms with Crippen molar-refractivity contribution in [1.29, 1.82) is 0 Å². The standard InChI is InChI=1S/C9H9O.Sn/c1-2-6-9-8(4-1)5-3-7-10-9;/h1-2,4,6-7H,3,5H2;. The van der Waals surface area contributed by atoms with E-state index in [1.165, 1.54) is 40.9 Å². The summed E-state index contributed by atoms with van der Waals surface area (Å²) < 4.78 is 6.16. The zero-order chi connectivity index (χ0) is 7.68. The Morgan fingerprint density at radius 1 is 1.36 bits per heavy atom. The molecular weight excluding hydrogens is 243 g/mol. The van der Waals surface area contributed by atoms with Crippen LogP contribution in [-0.2, 0) is 6.42 Å². The number of aryl methyl sites for hydroxylation is 1. The number of benzene rings is 1. The Labute approximate surface area is 79.8 Å². The first-order valence-electron chi connectivity index (χ1n) is 3.82. The van der Waals surface area contributed by atoms with Crippen LogP contribution in [-0.4, -0.2) is 26.6 Å². The topological polar surface area (TPSA) is 9.23 Å². The van der Waals surface area contributed by atoms with Gasteiger partial charge in [-0.05, 0) is 0 Å². The Bertz CT molecular complexity index is 259. The predicted octanol–water partition coefficient (Wildman–Crippen LogP) is 1.51. The Hall–Kier alpha value is -0.181. The van der Waals surface area contributed by atoms with Gasteiger partial charge < -0.3 is 0 Å². The number of fused-ring (bicyclic) bond motifs is 1. The first-order chi connectivity index (χ1) is 5.36. The minimum absolute atomic E-state index is 0.483. The Balaban J connectivity index is 2.34. The molecule has 0 spiro atoms. The molecule has 1 unspecified atom stereocenters. The van der Waals surface area contributed by atoms with Gasteiger partial charge in [0.1, 0.15) is 0 Å². The van der Waals surface area contributed by atoms with Gasteiger partial charge >= 0.3 is 79.8 Å². The zero-order valence-corrected chi connectivity index (χ0v) is 9.06. The van der Waals surface area contributed by atoms with E-state index < -0.39 is 0 Å². The molecular formula is C9H9OSn. The summed E-state index contributed by atoms with van der Waals surface area (Å²) in [5.74, 6) is 1.10. The van der Waals surface area contributed by atoms with Gasteiger partial charge in [0.25, 0.3) is 0 Å². The van der Waals surface area contributed by atoms with Gasteiger partial charge in [-0.2, -0.15) is 0 Å². The molecule has 2 rings (SSSR count). The van der Waals surface area contributed by atoms with E-state index in [4.69, 9.17) is 4.74 Å². The molecule has 0 amide bonds. The molecule has 0 aliphatic carbocycles. The second kappa shape index (κ2) is 3.05. The number of para-hydroxylation sites is 1. The van der Waals surface area contributed by atoms with Gasteiger partial charge in [-0.15, -0.1) is 0 Å². The molecule has 1 heterocycles. The van der Waals surface area contributed by atoms with Gasteiger partial charge in [0.15, 0.2) is 0 Å². The third-order valence-electron chi connectivity index (χ3n) is 1.92. The molecule has 1 atom stereocenters. The van der Waals surface area contributed by atoms with E-state index in [9.17, 15) is 0 Å². The maximum absolute atomic E-state index is 5.67. The van der Waals surface area contributed by atoms with Gasteiger partial charge in [-0.25, -0.2) is 0 Å². The van der Waals surface area contributed by atoms with Crippen LogP contribution in [0.1, 0.15) is 12.0 Å². The van der Waals surface area contributed by atoms with Crippen LogP contribution < -0.4 is 4.74 Å². The fourth-order valence-electron chi connectivity index (χ4n) is 1.32. The van der Waals surface area contributed by atoms with Crippen molar-refractivity contribution in [2.24, 2.45) is 0 Å². The summed E-state index contributed by atoms with van der Waals surface area (Å²) in [6, 6.07) is 8.32. The Kier molecular flexibility index (Phi) is 2.07. The summed E-state index contributed by atoms with van der Waals surface area (Å²) >= 11 is 1.49. The predicted molar refractivity (Wildman–Crippen MR) is 44.9 cm³/mol. The Morgan fingerprint density at radius 3 is 3.09 bits per heavy atom. The molecule has 2 heteroatoms. The molecule has 1 aliphatic heterocycles. The summed E-state index contributed by atoms with van der Waals surface area (Å²) in [6.45, 7) is 0. The van der Waals surface area contributed by atoms with Crippen molar-refractivity contribution in [3.8, 4) is 5.75 Å². The first kappa shape index (κ1) is 7.47. The number of hydrogen-bond donors (Lipinski definition) is 0. The first-order valence-corrected chi connectivity index (χ1v) is 5.47. The van der Waals surface area contributed by atoms with Crippen molar-refractivity contribution in [3.05, 3.63) is 29.8 Å². The van der Waals surface area contributed by atoms with E-state index in [0.717, 1.165) is 5.75 Å². The number of ether oxygens (including phenoxy) is 1. The van der Waals surface area contributed by atoms with Gasteiger partial charge in [0.05, 0.1) is 0 Å². The Morgan fingerprint density at radius 2 is 2.18 bits per heavy atom. The second-order valence-corrected chi connectivity index (χ2v) is 4.59. The van der Waals surface area contributed by atoms with Crippen LogP contribution in [0.15, 0.2) is 24.3 Å². The van der Waals surface area contributed by atoms with Crippen molar-refractivity contribution in [1.82, 2.24) is 0 Å². The summed E-state index contributed by atoms with van der Waals surface area (Å²) in [7, 11) is 0. The van der Waals surface area contributed by atoms with Gasteiger partial charge in [0.2, 0.25) is 0 Å². The molecule has 0 saturated heterocycles. The molecule has 1 aromatic carbocycles. The third-order valence-corrected chi connectivity index (χ3v) is 3.08. The molecule has 55 valence electrons. The van der Waals surface area contributed by atoms with Gasteiger partial charge in [-0.3, -0.25) is 0 Å². The summed E-state index contributed by atoms with van der Waals surface area (Å²) in [5.41, 5.74) is 1.37. The van der Waals surface area contributed by atoms with Crippen LogP contribution >= 0.6 is 0 Å². The summed E-state index contributed by atoms with van der Waals surface area (Å²) in [5, 5.41) is 0. The van der Waals surface area contributed by atoms with E-state index >= 15 is 0 Å². The van der Waals surface area contributed by atoms with E-state index in [-0.39, 0.29) is 0 Å². The van der Waals surface area contributed by atoms with Crippen molar-refractivity contribution in [2.45, 2.75) is 17.0 Å². The average Bonchev–Trinajstić information content (AvgIpc) is 2.04. The van der Waals surface area contributed by atoms with Crippen molar-refractivity contribution in [2.75, 3.05) is 0 Å². The summed E-state index contributed by atoms with van der Waals surface area (Å²) in [4.78, 5) is 0. The normalized spacial score (nSPS) is 22.1. The van der Waals surface area contributed by atoms with Crippen molar-refractivity contribution >= 4 is 22.5 Å². The molecule has 1 aliphatic rings. The van der Waals surface area contributed by atoms with E-state index in [0.29, 0.717) is 4.12 Å². The van der Waals surface area contributed by atoms with Gasteiger partial charge in [-0.1, -0.05) is 0 Å². The quantitative estimate of drug-likeness (QED) is 0.636. The van der Waals surface area contributed by atoms with Crippen molar-refractivity contribution < 1.29 is 4.74 Å². The number of hydrogen-bond acceptors (Lipinski definition) is 1. The van der Waals surface area contributed by atoms with Crippen LogP contribution in [0.25, 0.3) is 0 Å². The van der Waals surface area contributed by atoms with E-state index in [2.05, 4.69) is 18.2 Å². The van der Waals surface area contributed by atoms with Crippen LogP contribution in [0.5, 0.6) is 5.75 Å². The maximum atomic E-state index is 5.67. The monoisotopic (exact) mass is 253 g/mol. The van der Waals surface area contributed by atoms with E-state index in [1.54, 1.807) is 0 Å². The van der Waals surface area contributed by atoms with Crippen LogP contribution in [0, 0.1) is 0 Å². The average molecular weight is 252 g/mol. The van der Waals surface area contributed by atoms with Crippen LogP contribution in [0.2, 0.25) is 0 Å². The number of rotatable bonds is 0. The fraction of sp³-hybridized carbons (Fsp3) is 0.333. The zero-order valence-electron chi connectivity index (χ0n) is 6.21. The third kappa shape index (κ3) is 1.53. The molecule has 3 radical (unpaired) electrons. The molecule has 1 nitrogen and oxygen atoms in total. The summed E-state index contributed by atoms with van der Waals surface area (Å²) in [6.07, 6.45) is 2.38. The molecule has 1 aromatic rings. The fourth-order valence-corrected chi connectivity index (χ4v) is 2.10. The SMILES string of the molecule is [Sn][CH]1CCc2ccccc2O1. The van der Waals surface area contributed by atoms with Crippen LogP contribution in [0.3, 0.4) is 0 Å². The molecule has 0 aromatic heterocycles. The molecule has 0 saturated carbocycles. The molecule has 0 bridgehead atoms. The second-order valence-electron chi connectivity index (χ2n) is 2.75.